The van der Waals surface area contributed by atoms with E-state index >= 15 is 0 Å². The van der Waals surface area contributed by atoms with E-state index in [2.05, 4.69) is 5.32 Å². The van der Waals surface area contributed by atoms with Gasteiger partial charge in [0.25, 0.3) is 11.6 Å². The van der Waals surface area contributed by atoms with E-state index < -0.39 is 4.92 Å². The fourth-order valence-electron chi connectivity index (χ4n) is 3.37. The first kappa shape index (κ1) is 15.2. The van der Waals surface area contributed by atoms with E-state index in [0.29, 0.717) is 24.1 Å². The third-order valence-corrected chi connectivity index (χ3v) is 5.15. The van der Waals surface area contributed by atoms with Gasteiger partial charge in [-0.3, -0.25) is 14.9 Å². The van der Waals surface area contributed by atoms with Gasteiger partial charge in [-0.1, -0.05) is 11.6 Å². The van der Waals surface area contributed by atoms with Crippen molar-refractivity contribution in [3.05, 3.63) is 38.9 Å². The summed E-state index contributed by atoms with van der Waals surface area (Å²) < 4.78 is 0. The molecule has 1 aromatic rings. The van der Waals surface area contributed by atoms with E-state index in [1.807, 2.05) is 0 Å². The second-order valence-corrected chi connectivity index (χ2v) is 6.55. The predicted molar refractivity (Wildman–Crippen MR) is 83.2 cm³/mol. The molecule has 2 aliphatic heterocycles. The monoisotopic (exact) mass is 323 g/mol. The largest absolute Gasteiger partial charge is 0.339 e. The van der Waals surface area contributed by atoms with Crippen LogP contribution in [-0.2, 0) is 0 Å². The molecule has 1 N–H and O–H groups in total. The lowest BCUT2D eigenvalue weighted by Crippen LogP contribution is -2.44. The summed E-state index contributed by atoms with van der Waals surface area (Å²) in [5.74, 6) is -0.138. The fourth-order valence-corrected chi connectivity index (χ4v) is 3.62. The number of rotatable bonds is 2. The maximum atomic E-state index is 12.6. The summed E-state index contributed by atoms with van der Waals surface area (Å²) in [4.78, 5) is 24.6. The van der Waals surface area contributed by atoms with Gasteiger partial charge in [-0.2, -0.15) is 0 Å². The van der Waals surface area contributed by atoms with Gasteiger partial charge in [0.05, 0.1) is 15.5 Å². The van der Waals surface area contributed by atoms with Crippen molar-refractivity contribution >= 4 is 23.2 Å². The van der Waals surface area contributed by atoms with Crippen LogP contribution in [0.1, 0.15) is 29.6 Å². The third kappa shape index (κ3) is 2.80. The van der Waals surface area contributed by atoms with Gasteiger partial charge in [0, 0.05) is 31.8 Å². The molecule has 1 amide bonds. The Balaban J connectivity index is 1.71. The number of carbonyl (C=O) groups excluding carboxylic acids is 1. The number of nitrogens with zero attached hydrogens (tertiary/aromatic N) is 2. The average Bonchev–Trinajstić information content (AvgIpc) is 2.95. The van der Waals surface area contributed by atoms with E-state index in [1.165, 1.54) is 24.6 Å². The molecule has 7 heteroatoms. The lowest BCUT2D eigenvalue weighted by atomic mass is 9.78. The molecule has 1 aromatic carbocycles. The second-order valence-electron chi connectivity index (χ2n) is 6.14. The number of amides is 1. The molecule has 0 atom stereocenters. The summed E-state index contributed by atoms with van der Waals surface area (Å²) in [5.41, 5.74) is 0.583. The number of benzene rings is 1. The molecule has 2 heterocycles. The molecule has 0 unspecified atom stereocenters. The van der Waals surface area contributed by atoms with Crippen LogP contribution in [0, 0.1) is 15.5 Å². The first-order valence-corrected chi connectivity index (χ1v) is 7.83. The van der Waals surface area contributed by atoms with Crippen LogP contribution in [0.25, 0.3) is 0 Å². The molecular weight excluding hydrogens is 306 g/mol. The minimum Gasteiger partial charge on any atom is -0.339 e. The zero-order chi connectivity index (χ0) is 15.7. The minimum atomic E-state index is -0.516. The first-order chi connectivity index (χ1) is 10.5. The maximum Gasteiger partial charge on any atom is 0.270 e. The van der Waals surface area contributed by atoms with Gasteiger partial charge >= 0.3 is 0 Å². The normalized spacial score (nSPS) is 20.3. The molecule has 2 aliphatic rings. The van der Waals surface area contributed by atoms with Crippen molar-refractivity contribution in [1.82, 2.24) is 10.2 Å². The highest BCUT2D eigenvalue weighted by molar-refractivity contribution is 6.34. The molecule has 118 valence electrons. The molecular formula is C15H18ClN3O3. The Bertz CT molecular complexity index is 604. The van der Waals surface area contributed by atoms with Crippen molar-refractivity contribution in [3.8, 4) is 0 Å². The van der Waals surface area contributed by atoms with Gasteiger partial charge in [-0.25, -0.2) is 0 Å². The minimum absolute atomic E-state index is 0.101. The zero-order valence-corrected chi connectivity index (χ0v) is 12.9. The van der Waals surface area contributed by atoms with Crippen molar-refractivity contribution in [2.24, 2.45) is 5.41 Å². The summed E-state index contributed by atoms with van der Waals surface area (Å²) in [6, 6.07) is 4.01. The Hall–Kier alpha value is -1.66. The number of halogens is 1. The molecule has 1 spiro atoms. The highest BCUT2D eigenvalue weighted by Crippen LogP contribution is 2.37. The fraction of sp³-hybridized carbons (Fsp3) is 0.533. The lowest BCUT2D eigenvalue weighted by Gasteiger charge is -2.39. The van der Waals surface area contributed by atoms with E-state index in [-0.39, 0.29) is 16.6 Å². The van der Waals surface area contributed by atoms with Crippen LogP contribution in [0.5, 0.6) is 0 Å². The SMILES string of the molecule is O=C(c1ccc([N+](=O)[O-])cc1Cl)N1CCC2(CCNC2)CC1. The molecule has 0 aromatic heterocycles. The van der Waals surface area contributed by atoms with E-state index in [4.69, 9.17) is 11.6 Å². The van der Waals surface area contributed by atoms with Crippen LogP contribution in [0.15, 0.2) is 18.2 Å². The second kappa shape index (κ2) is 5.85. The van der Waals surface area contributed by atoms with Crippen molar-refractivity contribution in [2.45, 2.75) is 19.3 Å². The molecule has 0 aliphatic carbocycles. The van der Waals surface area contributed by atoms with Gasteiger partial charge in [0.15, 0.2) is 0 Å². The van der Waals surface area contributed by atoms with Crippen LogP contribution in [0.2, 0.25) is 5.02 Å². The van der Waals surface area contributed by atoms with Crippen LogP contribution in [0.4, 0.5) is 5.69 Å². The molecule has 2 fully saturated rings. The summed E-state index contributed by atoms with van der Waals surface area (Å²) in [7, 11) is 0. The van der Waals surface area contributed by atoms with Gasteiger partial charge in [0.1, 0.15) is 0 Å². The van der Waals surface area contributed by atoms with Crippen LogP contribution in [-0.4, -0.2) is 41.9 Å². The Labute approximate surface area is 133 Å². The summed E-state index contributed by atoms with van der Waals surface area (Å²) in [6.07, 6.45) is 3.17. The Morgan fingerprint density at radius 1 is 1.32 bits per heavy atom. The van der Waals surface area contributed by atoms with Crippen molar-refractivity contribution in [1.29, 1.82) is 0 Å². The molecule has 0 radical (unpaired) electrons. The standard InChI is InChI=1S/C15H18ClN3O3/c16-13-9-11(19(21)22)1-2-12(13)14(20)18-7-4-15(5-8-18)3-6-17-10-15/h1-2,9,17H,3-8,10H2. The number of carbonyl (C=O) groups is 1. The van der Waals surface area contributed by atoms with Gasteiger partial charge in [0.2, 0.25) is 0 Å². The first-order valence-electron chi connectivity index (χ1n) is 7.45. The molecule has 0 saturated carbocycles. The molecule has 0 bridgehead atoms. The van der Waals surface area contributed by atoms with Crippen LogP contribution in [0.3, 0.4) is 0 Å². The Morgan fingerprint density at radius 3 is 2.59 bits per heavy atom. The van der Waals surface area contributed by atoms with Crippen molar-refractivity contribution in [2.75, 3.05) is 26.2 Å². The van der Waals surface area contributed by atoms with E-state index in [0.717, 1.165) is 25.9 Å². The van der Waals surface area contributed by atoms with Gasteiger partial charge in [-0.05, 0) is 37.3 Å². The van der Waals surface area contributed by atoms with Crippen LogP contribution >= 0.6 is 11.6 Å². The highest BCUT2D eigenvalue weighted by Gasteiger charge is 2.38. The molecule has 2 saturated heterocycles. The van der Waals surface area contributed by atoms with Crippen LogP contribution < -0.4 is 5.32 Å². The van der Waals surface area contributed by atoms with Crippen molar-refractivity contribution in [3.63, 3.8) is 0 Å². The van der Waals surface area contributed by atoms with Gasteiger partial charge < -0.3 is 10.2 Å². The van der Waals surface area contributed by atoms with E-state index in [1.54, 1.807) is 4.90 Å². The molecule has 22 heavy (non-hydrogen) atoms. The number of non-ortho nitro benzene ring substituents is 1. The van der Waals surface area contributed by atoms with E-state index in [9.17, 15) is 14.9 Å². The quantitative estimate of drug-likeness (QED) is 0.670. The number of likely N-dealkylation sites (tertiary alicyclic amines) is 1. The summed E-state index contributed by atoms with van der Waals surface area (Å²) in [5, 5.41) is 14.3. The number of hydrogen-bond donors (Lipinski definition) is 1. The van der Waals surface area contributed by atoms with Gasteiger partial charge in [-0.15, -0.1) is 0 Å². The lowest BCUT2D eigenvalue weighted by molar-refractivity contribution is -0.384. The molecule has 3 rings (SSSR count). The Morgan fingerprint density at radius 2 is 2.05 bits per heavy atom. The maximum absolute atomic E-state index is 12.6. The topological polar surface area (TPSA) is 75.5 Å². The Kier molecular flexibility index (Phi) is 4.06. The van der Waals surface area contributed by atoms with Crippen molar-refractivity contribution < 1.29 is 9.72 Å². The number of nitrogens with one attached hydrogen (secondary N) is 1. The number of piperidine rings is 1. The third-order valence-electron chi connectivity index (χ3n) is 4.84. The molecule has 6 nitrogen and oxygen atoms in total. The summed E-state index contributed by atoms with van der Waals surface area (Å²) in [6.45, 7) is 3.52. The summed E-state index contributed by atoms with van der Waals surface area (Å²) >= 11 is 6.05. The number of nitro benzene ring substituents is 1. The average molecular weight is 324 g/mol. The zero-order valence-electron chi connectivity index (χ0n) is 12.2. The highest BCUT2D eigenvalue weighted by atomic mass is 35.5. The predicted octanol–water partition coefficient (Wildman–Crippen LogP) is 2.46. The smallest absolute Gasteiger partial charge is 0.270 e. The number of hydrogen-bond acceptors (Lipinski definition) is 4. The number of nitro groups is 1.